The summed E-state index contributed by atoms with van der Waals surface area (Å²) in [5, 5.41) is 6.22. The largest absolute Gasteiger partial charge is 0.493 e. The van der Waals surface area contributed by atoms with Crippen molar-refractivity contribution in [1.82, 2.24) is 4.98 Å². The Labute approximate surface area is 203 Å². The summed E-state index contributed by atoms with van der Waals surface area (Å²) in [6, 6.07) is 18.5. The van der Waals surface area contributed by atoms with Gasteiger partial charge < -0.3 is 14.2 Å². The first-order valence-electron chi connectivity index (χ1n) is 9.83. The summed E-state index contributed by atoms with van der Waals surface area (Å²) in [5.41, 5.74) is 1.94. The van der Waals surface area contributed by atoms with Gasteiger partial charge in [-0.25, -0.2) is 4.98 Å². The van der Waals surface area contributed by atoms with Crippen molar-refractivity contribution in [2.75, 3.05) is 26.3 Å². The van der Waals surface area contributed by atoms with Crippen LogP contribution in [0.2, 0.25) is 0 Å². The highest BCUT2D eigenvalue weighted by Crippen LogP contribution is 2.39. The Balaban J connectivity index is 1.81. The Morgan fingerprint density at radius 2 is 1.70 bits per heavy atom. The first kappa shape index (κ1) is 22.8. The highest BCUT2D eigenvalue weighted by Gasteiger charge is 2.24. The number of halogens is 1. The van der Waals surface area contributed by atoms with E-state index in [0.29, 0.717) is 27.9 Å². The Morgan fingerprint density at radius 1 is 1.00 bits per heavy atom. The first-order valence-corrected chi connectivity index (χ1v) is 11.4. The van der Waals surface area contributed by atoms with E-state index in [4.69, 9.17) is 14.2 Å². The highest BCUT2D eigenvalue weighted by molar-refractivity contribution is 9.10. The average molecular weight is 526 g/mol. The number of anilines is 1. The maximum Gasteiger partial charge on any atom is 0.281 e. The number of methoxy groups -OCH3 is 3. The van der Waals surface area contributed by atoms with Gasteiger partial charge in [0.05, 0.1) is 37.8 Å². The van der Waals surface area contributed by atoms with Gasteiger partial charge in [0.15, 0.2) is 11.5 Å². The third-order valence-corrected chi connectivity index (χ3v) is 6.23. The zero-order valence-corrected chi connectivity index (χ0v) is 20.5. The Hall–Kier alpha value is -3.43. The lowest BCUT2D eigenvalue weighted by atomic mass is 10.1. The van der Waals surface area contributed by atoms with Gasteiger partial charge in [-0.3, -0.25) is 4.79 Å². The molecule has 0 aliphatic carbocycles. The maximum atomic E-state index is 13.7. The second kappa shape index (κ2) is 10.0. The minimum atomic E-state index is -0.389. The van der Waals surface area contributed by atoms with Gasteiger partial charge in [-0.15, -0.1) is 0 Å². The predicted octanol–water partition coefficient (Wildman–Crippen LogP) is 5.77. The fourth-order valence-electron chi connectivity index (χ4n) is 3.16. The molecule has 1 aromatic heterocycles. The summed E-state index contributed by atoms with van der Waals surface area (Å²) < 4.78 is 18.1. The molecule has 0 fully saturated rings. The third kappa shape index (κ3) is 4.84. The standard InChI is InChI=1S/C24H20BrN3O4S/c1-30-19-11-16(12-20(31-2)22(19)32-3)23(29)28(26-14-15-7-5-4-6-8-15)24-27-18-10-9-17(25)13-21(18)33-24/h4-14H,1-3H3/b26-14+. The number of ether oxygens (including phenoxy) is 3. The van der Waals surface area contributed by atoms with Crippen LogP contribution in [0.25, 0.3) is 10.2 Å². The molecule has 9 heteroatoms. The molecule has 168 valence electrons. The number of aromatic nitrogens is 1. The van der Waals surface area contributed by atoms with Crippen LogP contribution in [0.3, 0.4) is 0 Å². The average Bonchev–Trinajstić information content (AvgIpc) is 3.26. The van der Waals surface area contributed by atoms with E-state index in [9.17, 15) is 4.79 Å². The number of nitrogens with zero attached hydrogens (tertiary/aromatic N) is 3. The van der Waals surface area contributed by atoms with Crippen molar-refractivity contribution in [3.05, 3.63) is 76.3 Å². The van der Waals surface area contributed by atoms with Crippen molar-refractivity contribution < 1.29 is 19.0 Å². The molecule has 33 heavy (non-hydrogen) atoms. The molecule has 0 saturated carbocycles. The summed E-state index contributed by atoms with van der Waals surface area (Å²) in [6.45, 7) is 0. The molecule has 0 aliphatic rings. The Morgan fingerprint density at radius 3 is 2.33 bits per heavy atom. The van der Waals surface area contributed by atoms with Crippen LogP contribution in [0.15, 0.2) is 70.2 Å². The van der Waals surface area contributed by atoms with E-state index in [1.54, 1.807) is 18.3 Å². The van der Waals surface area contributed by atoms with Gasteiger partial charge in [0.2, 0.25) is 10.9 Å². The molecule has 4 aromatic rings. The van der Waals surface area contributed by atoms with Crippen molar-refractivity contribution in [3.63, 3.8) is 0 Å². The quantitative estimate of drug-likeness (QED) is 0.226. The monoisotopic (exact) mass is 525 g/mol. The number of carbonyl (C=O) groups is 1. The second-order valence-corrected chi connectivity index (χ2v) is 8.72. The molecule has 0 N–H and O–H groups in total. The zero-order valence-electron chi connectivity index (χ0n) is 18.1. The predicted molar refractivity (Wildman–Crippen MR) is 134 cm³/mol. The van der Waals surface area contributed by atoms with Crippen molar-refractivity contribution in [3.8, 4) is 17.2 Å². The van der Waals surface area contributed by atoms with Crippen LogP contribution < -0.4 is 19.2 Å². The fraction of sp³-hybridized carbons (Fsp3) is 0.125. The Kier molecular flexibility index (Phi) is 6.90. The topological polar surface area (TPSA) is 73.2 Å². The van der Waals surface area contributed by atoms with Crippen LogP contribution in [-0.4, -0.2) is 38.4 Å². The molecule has 7 nitrogen and oxygen atoms in total. The zero-order chi connectivity index (χ0) is 23.4. The van der Waals surface area contributed by atoms with Crippen LogP contribution in [0.5, 0.6) is 17.2 Å². The number of carbonyl (C=O) groups excluding carboxylic acids is 1. The fourth-order valence-corrected chi connectivity index (χ4v) is 4.63. The van der Waals surface area contributed by atoms with E-state index in [1.165, 1.54) is 37.7 Å². The first-order chi connectivity index (χ1) is 16.0. The van der Waals surface area contributed by atoms with Crippen LogP contribution in [0.4, 0.5) is 5.13 Å². The molecule has 0 aliphatic heterocycles. The molecular weight excluding hydrogens is 506 g/mol. The van der Waals surface area contributed by atoms with Crippen molar-refractivity contribution in [1.29, 1.82) is 0 Å². The van der Waals surface area contributed by atoms with Gasteiger partial charge in [0.25, 0.3) is 5.91 Å². The van der Waals surface area contributed by atoms with Crippen molar-refractivity contribution >= 4 is 54.7 Å². The summed E-state index contributed by atoms with van der Waals surface area (Å²) >= 11 is 4.85. The number of fused-ring (bicyclic) bond motifs is 1. The molecule has 1 heterocycles. The lowest BCUT2D eigenvalue weighted by molar-refractivity contribution is 0.0987. The lowest BCUT2D eigenvalue weighted by Crippen LogP contribution is -2.25. The maximum absolute atomic E-state index is 13.7. The molecule has 0 unspecified atom stereocenters. The minimum absolute atomic E-state index is 0.315. The molecule has 3 aromatic carbocycles. The summed E-state index contributed by atoms with van der Waals surface area (Å²) in [7, 11) is 4.52. The SMILES string of the molecule is COc1cc(C(=O)N(/N=C/c2ccccc2)c2nc3ccc(Br)cc3s2)cc(OC)c1OC. The number of thiazole rings is 1. The lowest BCUT2D eigenvalue weighted by Gasteiger charge is -2.17. The smallest absolute Gasteiger partial charge is 0.281 e. The molecule has 1 amide bonds. The van der Waals surface area contributed by atoms with Gasteiger partial charge >= 0.3 is 0 Å². The number of rotatable bonds is 7. The van der Waals surface area contributed by atoms with E-state index >= 15 is 0 Å². The minimum Gasteiger partial charge on any atom is -0.493 e. The number of benzene rings is 3. The van der Waals surface area contributed by atoms with E-state index in [0.717, 1.165) is 20.3 Å². The second-order valence-electron chi connectivity index (χ2n) is 6.79. The van der Waals surface area contributed by atoms with Gasteiger partial charge in [0.1, 0.15) is 0 Å². The van der Waals surface area contributed by atoms with Crippen LogP contribution in [0, 0.1) is 0 Å². The van der Waals surface area contributed by atoms with Gasteiger partial charge in [-0.2, -0.15) is 10.1 Å². The Bertz CT molecular complexity index is 1300. The van der Waals surface area contributed by atoms with Crippen molar-refractivity contribution in [2.24, 2.45) is 5.10 Å². The number of hydrogen-bond acceptors (Lipinski definition) is 7. The van der Waals surface area contributed by atoms with Gasteiger partial charge in [0, 0.05) is 10.0 Å². The normalized spacial score (nSPS) is 11.0. The highest BCUT2D eigenvalue weighted by atomic mass is 79.9. The van der Waals surface area contributed by atoms with E-state index in [-0.39, 0.29) is 5.91 Å². The van der Waals surface area contributed by atoms with E-state index in [2.05, 4.69) is 26.0 Å². The molecule has 0 radical (unpaired) electrons. The molecule has 0 spiro atoms. The molecule has 0 bridgehead atoms. The van der Waals surface area contributed by atoms with Gasteiger partial charge in [-0.1, -0.05) is 57.6 Å². The summed E-state index contributed by atoms with van der Waals surface area (Å²) in [5.74, 6) is 0.765. The van der Waals surface area contributed by atoms with E-state index < -0.39 is 0 Å². The third-order valence-electron chi connectivity index (χ3n) is 4.75. The summed E-state index contributed by atoms with van der Waals surface area (Å²) in [6.07, 6.45) is 1.62. The van der Waals surface area contributed by atoms with E-state index in [1.807, 2.05) is 48.5 Å². The summed E-state index contributed by atoms with van der Waals surface area (Å²) in [4.78, 5) is 18.3. The van der Waals surface area contributed by atoms with Crippen LogP contribution in [-0.2, 0) is 0 Å². The molecule has 4 rings (SSSR count). The van der Waals surface area contributed by atoms with Crippen LogP contribution in [0.1, 0.15) is 15.9 Å². The number of amides is 1. The van der Waals surface area contributed by atoms with Gasteiger partial charge in [-0.05, 0) is 35.9 Å². The molecular formula is C24H20BrN3O4S. The van der Waals surface area contributed by atoms with Crippen LogP contribution >= 0.6 is 27.3 Å². The molecule has 0 saturated heterocycles. The number of hydrazone groups is 1. The molecule has 0 atom stereocenters. The van der Waals surface area contributed by atoms with Crippen molar-refractivity contribution in [2.45, 2.75) is 0 Å². The number of hydrogen-bond donors (Lipinski definition) is 0.